The third-order valence-electron chi connectivity index (χ3n) is 2.50. The van der Waals surface area contributed by atoms with Crippen molar-refractivity contribution in [3.8, 4) is 11.5 Å². The maximum absolute atomic E-state index is 9.88. The lowest BCUT2D eigenvalue weighted by Crippen LogP contribution is -2.19. The molecule has 1 aromatic carbocycles. The second-order valence-corrected chi connectivity index (χ2v) is 3.69. The van der Waals surface area contributed by atoms with Gasteiger partial charge in [-0.15, -0.1) is 0 Å². The summed E-state index contributed by atoms with van der Waals surface area (Å²) in [7, 11) is 1.39. The zero-order valence-electron chi connectivity index (χ0n) is 9.89. The van der Waals surface area contributed by atoms with Crippen LogP contribution in [0.5, 0.6) is 11.5 Å². The number of phenols is 1. The van der Waals surface area contributed by atoms with Crippen LogP contribution in [0, 0.1) is 0 Å². The summed E-state index contributed by atoms with van der Waals surface area (Å²) in [5.41, 5.74) is 8.52. The standard InChI is InChI=1S/C11H15N3O4/c1-18-10-6-7(2-3-8(10)15)11(17)9(16)4-5-13-14-12/h2-3,6,9,11,15-17H,4-5H2,1H3. The van der Waals surface area contributed by atoms with Gasteiger partial charge in [0.25, 0.3) is 0 Å². The Morgan fingerprint density at radius 1 is 1.44 bits per heavy atom. The maximum Gasteiger partial charge on any atom is 0.160 e. The lowest BCUT2D eigenvalue weighted by Gasteiger charge is -2.18. The van der Waals surface area contributed by atoms with Gasteiger partial charge in [0.2, 0.25) is 0 Å². The molecule has 0 aliphatic rings. The first-order chi connectivity index (χ1) is 8.60. The predicted molar refractivity (Wildman–Crippen MR) is 64.3 cm³/mol. The van der Waals surface area contributed by atoms with Crippen LogP contribution >= 0.6 is 0 Å². The van der Waals surface area contributed by atoms with Crippen LogP contribution in [-0.2, 0) is 0 Å². The molecular formula is C11H15N3O4. The molecule has 18 heavy (non-hydrogen) atoms. The first kappa shape index (κ1) is 14.1. The molecule has 0 saturated heterocycles. The smallest absolute Gasteiger partial charge is 0.160 e. The van der Waals surface area contributed by atoms with Crippen molar-refractivity contribution in [3.63, 3.8) is 0 Å². The molecule has 98 valence electrons. The van der Waals surface area contributed by atoms with E-state index in [1.54, 1.807) is 0 Å². The number of methoxy groups -OCH3 is 1. The van der Waals surface area contributed by atoms with E-state index < -0.39 is 12.2 Å². The van der Waals surface area contributed by atoms with Gasteiger partial charge in [-0.05, 0) is 29.6 Å². The van der Waals surface area contributed by atoms with Crippen LogP contribution in [-0.4, -0.2) is 35.1 Å². The molecule has 1 rings (SSSR count). The molecule has 0 saturated carbocycles. The van der Waals surface area contributed by atoms with E-state index in [9.17, 15) is 15.3 Å². The number of nitrogens with zero attached hydrogens (tertiary/aromatic N) is 3. The molecule has 0 radical (unpaired) electrons. The van der Waals surface area contributed by atoms with Gasteiger partial charge in [-0.1, -0.05) is 11.2 Å². The van der Waals surface area contributed by atoms with E-state index in [1.807, 2.05) is 0 Å². The number of ether oxygens (including phenoxy) is 1. The van der Waals surface area contributed by atoms with Crippen molar-refractivity contribution < 1.29 is 20.1 Å². The van der Waals surface area contributed by atoms with Gasteiger partial charge in [-0.3, -0.25) is 0 Å². The molecule has 0 spiro atoms. The summed E-state index contributed by atoms with van der Waals surface area (Å²) >= 11 is 0. The van der Waals surface area contributed by atoms with Gasteiger partial charge in [0.15, 0.2) is 11.5 Å². The topological polar surface area (TPSA) is 119 Å². The Hall–Kier alpha value is -1.95. The van der Waals surface area contributed by atoms with Crippen LogP contribution in [0.25, 0.3) is 10.4 Å². The van der Waals surface area contributed by atoms with Gasteiger partial charge in [-0.2, -0.15) is 0 Å². The van der Waals surface area contributed by atoms with Crippen molar-refractivity contribution in [1.29, 1.82) is 0 Å². The average molecular weight is 253 g/mol. The molecule has 0 fully saturated rings. The minimum absolute atomic E-state index is 0.0444. The number of rotatable bonds is 6. The molecule has 1 aromatic rings. The van der Waals surface area contributed by atoms with Crippen LogP contribution in [0.3, 0.4) is 0 Å². The zero-order chi connectivity index (χ0) is 13.5. The summed E-state index contributed by atoms with van der Waals surface area (Å²) in [6.07, 6.45) is -2.04. The summed E-state index contributed by atoms with van der Waals surface area (Å²) < 4.78 is 4.90. The minimum atomic E-state index is -1.13. The summed E-state index contributed by atoms with van der Waals surface area (Å²) in [4.78, 5) is 2.56. The Labute approximate surface area is 104 Å². The normalized spacial score (nSPS) is 13.5. The molecule has 0 bridgehead atoms. The third-order valence-corrected chi connectivity index (χ3v) is 2.50. The Bertz CT molecular complexity index is 446. The molecule has 0 aromatic heterocycles. The van der Waals surface area contributed by atoms with E-state index in [0.717, 1.165) is 0 Å². The van der Waals surface area contributed by atoms with Gasteiger partial charge in [0.05, 0.1) is 13.2 Å². The lowest BCUT2D eigenvalue weighted by atomic mass is 10.0. The fourth-order valence-corrected chi connectivity index (χ4v) is 1.49. The minimum Gasteiger partial charge on any atom is -0.504 e. The maximum atomic E-state index is 9.88. The van der Waals surface area contributed by atoms with Gasteiger partial charge in [-0.25, -0.2) is 0 Å². The molecular weight excluding hydrogens is 238 g/mol. The number of phenolic OH excluding ortho intramolecular Hbond substituents is 1. The van der Waals surface area contributed by atoms with Gasteiger partial charge < -0.3 is 20.1 Å². The first-order valence-electron chi connectivity index (χ1n) is 5.34. The molecule has 2 atom stereocenters. The summed E-state index contributed by atoms with van der Waals surface area (Å²) in [6.45, 7) is 0.101. The molecule has 0 aliphatic heterocycles. The number of hydrogen-bond donors (Lipinski definition) is 3. The quantitative estimate of drug-likeness (QED) is 0.404. The van der Waals surface area contributed by atoms with Crippen LogP contribution < -0.4 is 4.74 Å². The summed E-state index contributed by atoms with van der Waals surface area (Å²) in [5.74, 6) is 0.172. The molecule has 7 nitrogen and oxygen atoms in total. The van der Waals surface area contributed by atoms with Crippen molar-refractivity contribution in [2.24, 2.45) is 5.11 Å². The lowest BCUT2D eigenvalue weighted by molar-refractivity contribution is 0.0149. The van der Waals surface area contributed by atoms with E-state index in [0.29, 0.717) is 5.56 Å². The summed E-state index contributed by atoms with van der Waals surface area (Å²) in [5, 5.41) is 32.3. The molecule has 2 unspecified atom stereocenters. The van der Waals surface area contributed by atoms with E-state index >= 15 is 0 Å². The van der Waals surface area contributed by atoms with Crippen molar-refractivity contribution >= 4 is 0 Å². The number of aliphatic hydroxyl groups is 2. The predicted octanol–water partition coefficient (Wildman–Crippen LogP) is 1.50. The Balaban J connectivity index is 2.76. The number of aliphatic hydroxyl groups excluding tert-OH is 2. The van der Waals surface area contributed by atoms with Crippen molar-refractivity contribution in [2.75, 3.05) is 13.7 Å². The van der Waals surface area contributed by atoms with Gasteiger partial charge in [0, 0.05) is 11.5 Å². The number of azide groups is 1. The van der Waals surface area contributed by atoms with E-state index in [4.69, 9.17) is 10.3 Å². The monoisotopic (exact) mass is 253 g/mol. The highest BCUT2D eigenvalue weighted by Gasteiger charge is 2.19. The fourth-order valence-electron chi connectivity index (χ4n) is 1.49. The highest BCUT2D eigenvalue weighted by Crippen LogP contribution is 2.30. The highest BCUT2D eigenvalue weighted by molar-refractivity contribution is 5.42. The van der Waals surface area contributed by atoms with E-state index in [2.05, 4.69) is 10.0 Å². The van der Waals surface area contributed by atoms with Crippen molar-refractivity contribution in [3.05, 3.63) is 34.2 Å². The summed E-state index contributed by atoms with van der Waals surface area (Å²) in [6, 6.07) is 4.30. The molecule has 7 heteroatoms. The van der Waals surface area contributed by atoms with Gasteiger partial charge in [0.1, 0.15) is 6.10 Å². The largest absolute Gasteiger partial charge is 0.504 e. The number of aromatic hydroxyl groups is 1. The Kier molecular flexibility index (Phi) is 5.26. The first-order valence-corrected chi connectivity index (χ1v) is 5.34. The zero-order valence-corrected chi connectivity index (χ0v) is 9.89. The second kappa shape index (κ2) is 6.70. The molecule has 3 N–H and O–H groups in total. The van der Waals surface area contributed by atoms with Crippen molar-refractivity contribution in [1.82, 2.24) is 0 Å². The van der Waals surface area contributed by atoms with E-state index in [-0.39, 0.29) is 24.5 Å². The SMILES string of the molecule is COc1cc(C(O)C(O)CCN=[N+]=[N-])ccc1O. The number of hydrogen-bond acceptors (Lipinski definition) is 5. The Morgan fingerprint density at radius 2 is 2.17 bits per heavy atom. The van der Waals surface area contributed by atoms with Crippen LogP contribution in [0.1, 0.15) is 18.1 Å². The van der Waals surface area contributed by atoms with Crippen LogP contribution in [0.4, 0.5) is 0 Å². The molecule has 0 heterocycles. The average Bonchev–Trinajstić information content (AvgIpc) is 2.38. The second-order valence-electron chi connectivity index (χ2n) is 3.69. The van der Waals surface area contributed by atoms with Crippen LogP contribution in [0.2, 0.25) is 0 Å². The Morgan fingerprint density at radius 3 is 2.78 bits per heavy atom. The number of benzene rings is 1. The van der Waals surface area contributed by atoms with E-state index in [1.165, 1.54) is 25.3 Å². The molecule has 0 amide bonds. The highest BCUT2D eigenvalue weighted by atomic mass is 16.5. The van der Waals surface area contributed by atoms with Gasteiger partial charge >= 0.3 is 0 Å². The van der Waals surface area contributed by atoms with Crippen molar-refractivity contribution in [2.45, 2.75) is 18.6 Å². The third kappa shape index (κ3) is 3.53. The fraction of sp³-hybridized carbons (Fsp3) is 0.455. The van der Waals surface area contributed by atoms with Crippen LogP contribution in [0.15, 0.2) is 23.3 Å². The molecule has 0 aliphatic carbocycles.